The summed E-state index contributed by atoms with van der Waals surface area (Å²) >= 11 is 0. The first kappa shape index (κ1) is 25.6. The number of fused-ring (bicyclic) bond motifs is 1. The van der Waals surface area contributed by atoms with E-state index in [1.165, 1.54) is 41.1 Å². The predicted octanol–water partition coefficient (Wildman–Crippen LogP) is 3.85. The van der Waals surface area contributed by atoms with Crippen molar-refractivity contribution in [3.8, 4) is 17.2 Å². The average Bonchev–Trinajstić information content (AvgIpc) is 2.83. The smallest absolute Gasteiger partial charge is 0.260 e. The summed E-state index contributed by atoms with van der Waals surface area (Å²) in [5, 5.41) is 9.41. The molecule has 0 amide bonds. The second-order valence-electron chi connectivity index (χ2n) is 8.37. The first-order valence-electron chi connectivity index (χ1n) is 10.8. The number of halogens is 3. The van der Waals surface area contributed by atoms with Crippen molar-refractivity contribution in [1.29, 1.82) is 5.26 Å². The van der Waals surface area contributed by atoms with E-state index in [0.717, 1.165) is 0 Å². The molecule has 0 aliphatic rings. The number of pyridine rings is 1. The standard InChI is InChI=1S/C24H19F3N6O3S/c1-12(2)33-22-15(10-30-24(29)31-22)7-17(23(33)34)16-8-18(25)21(20(27)19(16)26)32-37(35,36)11-14-6-4-3-5-13(14)9-28/h3-8,10,12,32H,11H2,1-2H3,(H2,29,30,31). The lowest BCUT2D eigenvalue weighted by Gasteiger charge is -2.17. The van der Waals surface area contributed by atoms with Crippen LogP contribution in [0.3, 0.4) is 0 Å². The van der Waals surface area contributed by atoms with Crippen LogP contribution in [0.1, 0.15) is 31.0 Å². The summed E-state index contributed by atoms with van der Waals surface area (Å²) in [6, 6.07) is 8.82. The largest absolute Gasteiger partial charge is 0.368 e. The molecule has 2 aromatic heterocycles. The van der Waals surface area contributed by atoms with Gasteiger partial charge in [-0.1, -0.05) is 18.2 Å². The lowest BCUT2D eigenvalue weighted by atomic mass is 10.0. The lowest BCUT2D eigenvalue weighted by molar-refractivity contribution is 0.502. The molecule has 3 N–H and O–H groups in total. The number of nitriles is 1. The fourth-order valence-electron chi connectivity index (χ4n) is 3.84. The molecular formula is C24H19F3N6O3S. The number of anilines is 2. The highest BCUT2D eigenvalue weighted by atomic mass is 32.2. The molecule has 2 heterocycles. The zero-order chi connectivity index (χ0) is 27.1. The number of sulfonamides is 1. The highest BCUT2D eigenvalue weighted by molar-refractivity contribution is 7.91. The van der Waals surface area contributed by atoms with Crippen LogP contribution >= 0.6 is 0 Å². The Balaban J connectivity index is 1.82. The van der Waals surface area contributed by atoms with Crippen LogP contribution in [-0.2, 0) is 15.8 Å². The Morgan fingerprint density at radius 1 is 1.14 bits per heavy atom. The van der Waals surface area contributed by atoms with Gasteiger partial charge in [0.05, 0.1) is 22.9 Å². The van der Waals surface area contributed by atoms with Crippen molar-refractivity contribution in [3.63, 3.8) is 0 Å². The minimum atomic E-state index is -4.46. The maximum Gasteiger partial charge on any atom is 0.260 e. The van der Waals surface area contributed by atoms with Gasteiger partial charge in [-0.3, -0.25) is 14.1 Å². The van der Waals surface area contributed by atoms with E-state index in [9.17, 15) is 13.2 Å². The second kappa shape index (κ2) is 9.55. The molecule has 0 aliphatic heterocycles. The van der Waals surface area contributed by atoms with Crippen LogP contribution < -0.4 is 16.0 Å². The van der Waals surface area contributed by atoms with E-state index in [1.54, 1.807) is 18.6 Å². The summed E-state index contributed by atoms with van der Waals surface area (Å²) in [5.41, 5.74) is 2.76. The monoisotopic (exact) mass is 528 g/mol. The Morgan fingerprint density at radius 3 is 2.51 bits per heavy atom. The number of rotatable bonds is 6. The van der Waals surface area contributed by atoms with Gasteiger partial charge in [-0.25, -0.2) is 26.6 Å². The molecule has 0 bridgehead atoms. The molecule has 4 aromatic rings. The fourth-order valence-corrected chi connectivity index (χ4v) is 5.07. The average molecular weight is 529 g/mol. The second-order valence-corrected chi connectivity index (χ2v) is 10.1. The Bertz CT molecular complexity index is 1760. The van der Waals surface area contributed by atoms with Crippen molar-refractivity contribution in [2.45, 2.75) is 25.6 Å². The minimum absolute atomic E-state index is 0.0545. The molecule has 0 unspecified atom stereocenters. The van der Waals surface area contributed by atoms with Gasteiger partial charge in [-0.05, 0) is 37.6 Å². The van der Waals surface area contributed by atoms with Gasteiger partial charge in [0.1, 0.15) is 11.3 Å². The van der Waals surface area contributed by atoms with Gasteiger partial charge in [0.25, 0.3) is 5.56 Å². The van der Waals surface area contributed by atoms with Crippen LogP contribution in [0.2, 0.25) is 0 Å². The van der Waals surface area contributed by atoms with Crippen molar-refractivity contribution in [1.82, 2.24) is 14.5 Å². The summed E-state index contributed by atoms with van der Waals surface area (Å²) < 4.78 is 73.4. The van der Waals surface area contributed by atoms with Gasteiger partial charge < -0.3 is 5.73 Å². The first-order valence-corrected chi connectivity index (χ1v) is 12.4. The number of benzene rings is 2. The van der Waals surface area contributed by atoms with Crippen LogP contribution in [-0.4, -0.2) is 23.0 Å². The van der Waals surface area contributed by atoms with Gasteiger partial charge in [-0.15, -0.1) is 0 Å². The van der Waals surface area contributed by atoms with Gasteiger partial charge in [0, 0.05) is 23.2 Å². The summed E-state index contributed by atoms with van der Waals surface area (Å²) in [7, 11) is -4.46. The van der Waals surface area contributed by atoms with Crippen molar-refractivity contribution < 1.29 is 21.6 Å². The van der Waals surface area contributed by atoms with Crippen molar-refractivity contribution in [2.75, 3.05) is 10.5 Å². The molecule has 4 rings (SSSR count). The van der Waals surface area contributed by atoms with E-state index < -0.39 is 56.1 Å². The third-order valence-corrected chi connectivity index (χ3v) is 6.70. The maximum atomic E-state index is 15.2. The number of nitrogens with two attached hydrogens (primary N) is 1. The van der Waals surface area contributed by atoms with E-state index in [-0.39, 0.29) is 33.7 Å². The molecule has 0 radical (unpaired) electrons. The molecule has 0 saturated heterocycles. The number of hydrogen-bond acceptors (Lipinski definition) is 7. The molecule has 0 fully saturated rings. The van der Waals surface area contributed by atoms with E-state index in [2.05, 4.69) is 9.97 Å². The minimum Gasteiger partial charge on any atom is -0.368 e. The van der Waals surface area contributed by atoms with Gasteiger partial charge in [0.2, 0.25) is 16.0 Å². The van der Waals surface area contributed by atoms with Crippen LogP contribution in [0.25, 0.3) is 22.2 Å². The van der Waals surface area contributed by atoms with Crippen LogP contribution in [0.4, 0.5) is 24.8 Å². The Hall–Kier alpha value is -4.44. The molecule has 2 aromatic carbocycles. The van der Waals surface area contributed by atoms with Crippen LogP contribution in [0.5, 0.6) is 0 Å². The molecule has 13 heteroatoms. The van der Waals surface area contributed by atoms with E-state index in [0.29, 0.717) is 6.07 Å². The topological polar surface area (TPSA) is 144 Å². The number of nitrogen functional groups attached to an aromatic ring is 1. The normalized spacial score (nSPS) is 11.6. The zero-order valence-corrected chi connectivity index (χ0v) is 20.3. The highest BCUT2D eigenvalue weighted by Gasteiger charge is 2.26. The molecule has 190 valence electrons. The van der Waals surface area contributed by atoms with Gasteiger partial charge in [-0.2, -0.15) is 10.2 Å². The van der Waals surface area contributed by atoms with Crippen molar-refractivity contribution in [2.24, 2.45) is 0 Å². The number of hydrogen-bond donors (Lipinski definition) is 2. The SMILES string of the molecule is CC(C)n1c(=O)c(-c2cc(F)c(NS(=O)(=O)Cc3ccccc3C#N)c(F)c2F)cc2cnc(N)nc21. The molecule has 9 nitrogen and oxygen atoms in total. The van der Waals surface area contributed by atoms with Gasteiger partial charge in [0.15, 0.2) is 17.5 Å². The van der Waals surface area contributed by atoms with Crippen molar-refractivity contribution >= 4 is 32.7 Å². The molecule has 0 saturated carbocycles. The lowest BCUT2D eigenvalue weighted by Crippen LogP contribution is -2.25. The molecule has 37 heavy (non-hydrogen) atoms. The molecule has 0 aliphatic carbocycles. The Morgan fingerprint density at radius 2 is 1.84 bits per heavy atom. The van der Waals surface area contributed by atoms with Gasteiger partial charge >= 0.3 is 0 Å². The fraction of sp³-hybridized carbons (Fsp3) is 0.167. The summed E-state index contributed by atoms with van der Waals surface area (Å²) in [4.78, 5) is 21.1. The first-order chi connectivity index (χ1) is 17.4. The molecular weight excluding hydrogens is 509 g/mol. The maximum absolute atomic E-state index is 15.2. The Labute approximate surface area is 209 Å². The zero-order valence-electron chi connectivity index (χ0n) is 19.5. The Kier molecular flexibility index (Phi) is 6.62. The number of aromatic nitrogens is 3. The summed E-state index contributed by atoms with van der Waals surface area (Å²) in [5.74, 6) is -5.82. The van der Waals surface area contributed by atoms with Crippen molar-refractivity contribution in [3.05, 3.63) is 81.5 Å². The van der Waals surface area contributed by atoms with E-state index in [4.69, 9.17) is 11.0 Å². The van der Waals surface area contributed by atoms with E-state index >= 15 is 13.2 Å². The highest BCUT2D eigenvalue weighted by Crippen LogP contribution is 2.32. The summed E-state index contributed by atoms with van der Waals surface area (Å²) in [6.07, 6.45) is 1.28. The molecule has 0 atom stereocenters. The van der Waals surface area contributed by atoms with Crippen LogP contribution in [0.15, 0.2) is 47.4 Å². The predicted molar refractivity (Wildman–Crippen MR) is 131 cm³/mol. The third-order valence-electron chi connectivity index (χ3n) is 5.50. The number of nitrogens with one attached hydrogen (secondary N) is 1. The number of nitrogens with zero attached hydrogens (tertiary/aromatic N) is 4. The van der Waals surface area contributed by atoms with Crippen LogP contribution in [0, 0.1) is 28.8 Å². The summed E-state index contributed by atoms with van der Waals surface area (Å²) in [6.45, 7) is 3.31. The third kappa shape index (κ3) is 4.83. The molecule has 0 spiro atoms. The quantitative estimate of drug-likeness (QED) is 0.362. The van der Waals surface area contributed by atoms with E-state index in [1.807, 2.05) is 6.07 Å².